The average molecular weight is 261 g/mol. The lowest BCUT2D eigenvalue weighted by Gasteiger charge is -2.18. The normalized spacial score (nSPS) is 15.8. The van der Waals surface area contributed by atoms with Crippen LogP contribution in [-0.4, -0.2) is 28.7 Å². The van der Waals surface area contributed by atoms with Crippen LogP contribution < -0.4 is 0 Å². The van der Waals surface area contributed by atoms with Crippen molar-refractivity contribution < 1.29 is 9.59 Å². The summed E-state index contributed by atoms with van der Waals surface area (Å²) in [5, 5.41) is 0. The number of hydrogen-bond acceptors (Lipinski definition) is 4. The molecule has 4 nitrogen and oxygen atoms in total. The maximum absolute atomic E-state index is 11.5. The van der Waals surface area contributed by atoms with Crippen molar-refractivity contribution >= 4 is 39.6 Å². The van der Waals surface area contributed by atoms with Crippen molar-refractivity contribution in [3.8, 4) is 0 Å². The zero-order valence-electron chi connectivity index (χ0n) is 6.49. The highest BCUT2D eigenvalue weighted by Crippen LogP contribution is 2.27. The monoisotopic (exact) mass is 260 g/mol. The van der Waals surface area contributed by atoms with Gasteiger partial charge >= 0.3 is 0 Å². The van der Waals surface area contributed by atoms with Crippen molar-refractivity contribution in [2.24, 2.45) is 0 Å². The van der Waals surface area contributed by atoms with Gasteiger partial charge in [0, 0.05) is 13.0 Å². The zero-order valence-corrected chi connectivity index (χ0v) is 8.89. The minimum absolute atomic E-state index is 0.237. The van der Waals surface area contributed by atoms with E-state index in [1.807, 2.05) is 0 Å². The Morgan fingerprint density at radius 2 is 2.38 bits per heavy atom. The Morgan fingerprint density at radius 1 is 1.62 bits per heavy atom. The molecular weight excluding hydrogens is 256 g/mol. The summed E-state index contributed by atoms with van der Waals surface area (Å²) in [6, 6.07) is 0. The number of hydrogen-bond donors (Lipinski definition) is 0. The molecule has 2 amide bonds. The van der Waals surface area contributed by atoms with Gasteiger partial charge in [-0.25, -0.2) is 4.98 Å². The molecule has 0 spiro atoms. The topological polar surface area (TPSA) is 50.3 Å². The smallest absolute Gasteiger partial charge is 0.272 e. The zero-order chi connectivity index (χ0) is 9.42. The highest BCUT2D eigenvalue weighted by Gasteiger charge is 2.27. The van der Waals surface area contributed by atoms with E-state index in [1.54, 1.807) is 0 Å². The standard InChI is InChI=1S/C7H5BrN2O2S/c8-7-9-4-1-2-10(3-11)6(12)5(4)13-7/h3H,1-2H2. The number of nitrogens with zero attached hydrogens (tertiary/aromatic N) is 2. The third kappa shape index (κ3) is 1.40. The highest BCUT2D eigenvalue weighted by molar-refractivity contribution is 9.11. The number of aromatic nitrogens is 1. The Kier molecular flexibility index (Phi) is 2.17. The molecule has 1 aromatic heterocycles. The molecule has 68 valence electrons. The largest absolute Gasteiger partial charge is 0.280 e. The molecule has 0 N–H and O–H groups in total. The van der Waals surface area contributed by atoms with E-state index in [0.29, 0.717) is 28.2 Å². The number of fused-ring (bicyclic) bond motifs is 1. The molecule has 0 unspecified atom stereocenters. The van der Waals surface area contributed by atoms with Crippen LogP contribution in [0.3, 0.4) is 0 Å². The van der Waals surface area contributed by atoms with E-state index >= 15 is 0 Å². The molecule has 0 saturated carbocycles. The number of imide groups is 1. The van der Waals surface area contributed by atoms with E-state index in [4.69, 9.17) is 0 Å². The first kappa shape index (κ1) is 8.83. The Hall–Kier alpha value is -0.750. The van der Waals surface area contributed by atoms with Gasteiger partial charge < -0.3 is 0 Å². The molecule has 13 heavy (non-hydrogen) atoms. The first-order chi connectivity index (χ1) is 6.22. The van der Waals surface area contributed by atoms with Crippen LogP contribution in [0.2, 0.25) is 0 Å². The van der Waals surface area contributed by atoms with Crippen molar-refractivity contribution in [2.75, 3.05) is 6.54 Å². The molecule has 1 aromatic rings. The summed E-state index contributed by atoms with van der Waals surface area (Å²) >= 11 is 4.48. The van der Waals surface area contributed by atoms with Gasteiger partial charge in [-0.1, -0.05) is 0 Å². The molecule has 0 saturated heterocycles. The minimum Gasteiger partial charge on any atom is -0.280 e. The summed E-state index contributed by atoms with van der Waals surface area (Å²) < 4.78 is 0.693. The summed E-state index contributed by atoms with van der Waals surface area (Å²) in [5.41, 5.74) is 0.792. The maximum atomic E-state index is 11.5. The average Bonchev–Trinajstić information content (AvgIpc) is 2.47. The third-order valence-corrected chi connectivity index (χ3v) is 3.38. The summed E-state index contributed by atoms with van der Waals surface area (Å²) in [6.45, 7) is 0.436. The maximum Gasteiger partial charge on any atom is 0.272 e. The van der Waals surface area contributed by atoms with Gasteiger partial charge in [0.2, 0.25) is 6.41 Å². The summed E-state index contributed by atoms with van der Waals surface area (Å²) in [7, 11) is 0. The lowest BCUT2D eigenvalue weighted by atomic mass is 10.2. The van der Waals surface area contributed by atoms with E-state index in [0.717, 1.165) is 5.69 Å². The summed E-state index contributed by atoms with van der Waals surface area (Å²) in [6.07, 6.45) is 1.22. The van der Waals surface area contributed by atoms with Gasteiger partial charge in [-0.05, 0) is 15.9 Å². The molecule has 0 aromatic carbocycles. The molecule has 0 aliphatic carbocycles. The number of thiazole rings is 1. The van der Waals surface area contributed by atoms with Crippen LogP contribution in [0.15, 0.2) is 3.92 Å². The Morgan fingerprint density at radius 3 is 3.08 bits per heavy atom. The number of amides is 2. The van der Waals surface area contributed by atoms with Gasteiger partial charge in [-0.15, -0.1) is 11.3 Å². The quantitative estimate of drug-likeness (QED) is 0.710. The van der Waals surface area contributed by atoms with E-state index in [1.165, 1.54) is 16.2 Å². The predicted octanol–water partition coefficient (Wildman–Crippen LogP) is 1.06. The number of halogens is 1. The van der Waals surface area contributed by atoms with Gasteiger partial charge in [0.25, 0.3) is 5.91 Å². The first-order valence-corrected chi connectivity index (χ1v) is 5.25. The lowest BCUT2D eigenvalue weighted by Crippen LogP contribution is -2.35. The van der Waals surface area contributed by atoms with E-state index in [9.17, 15) is 9.59 Å². The second-order valence-corrected chi connectivity index (χ2v) is 4.87. The fraction of sp³-hybridized carbons (Fsp3) is 0.286. The summed E-state index contributed by atoms with van der Waals surface area (Å²) in [5.74, 6) is -0.237. The lowest BCUT2D eigenvalue weighted by molar-refractivity contribution is -0.116. The molecule has 1 aliphatic rings. The molecule has 2 heterocycles. The highest BCUT2D eigenvalue weighted by atomic mass is 79.9. The van der Waals surface area contributed by atoms with E-state index in [-0.39, 0.29) is 5.91 Å². The molecule has 2 rings (SSSR count). The van der Waals surface area contributed by atoms with Crippen molar-refractivity contribution in [1.29, 1.82) is 0 Å². The van der Waals surface area contributed by atoms with Gasteiger partial charge in [0.15, 0.2) is 3.92 Å². The Labute approximate surface area is 86.7 Å². The predicted molar refractivity (Wildman–Crippen MR) is 50.6 cm³/mol. The number of carbonyl (C=O) groups excluding carboxylic acids is 2. The van der Waals surface area contributed by atoms with Gasteiger partial charge in [-0.2, -0.15) is 0 Å². The SMILES string of the molecule is O=CN1CCc2nc(Br)sc2C1=O. The van der Waals surface area contributed by atoms with Crippen LogP contribution in [0.1, 0.15) is 15.4 Å². The fourth-order valence-corrected chi connectivity index (χ4v) is 2.71. The molecule has 1 aliphatic heterocycles. The molecule has 0 atom stereocenters. The number of rotatable bonds is 1. The second kappa shape index (κ2) is 3.19. The first-order valence-electron chi connectivity index (χ1n) is 3.64. The van der Waals surface area contributed by atoms with Crippen LogP contribution in [-0.2, 0) is 11.2 Å². The van der Waals surface area contributed by atoms with Gasteiger partial charge in [0.1, 0.15) is 4.88 Å². The van der Waals surface area contributed by atoms with Crippen LogP contribution in [0.25, 0.3) is 0 Å². The van der Waals surface area contributed by atoms with Crippen molar-refractivity contribution in [2.45, 2.75) is 6.42 Å². The second-order valence-electron chi connectivity index (χ2n) is 2.60. The number of carbonyl (C=O) groups is 2. The van der Waals surface area contributed by atoms with Crippen LogP contribution in [0, 0.1) is 0 Å². The fourth-order valence-electron chi connectivity index (χ4n) is 1.22. The van der Waals surface area contributed by atoms with E-state index in [2.05, 4.69) is 20.9 Å². The van der Waals surface area contributed by atoms with Gasteiger partial charge in [0.05, 0.1) is 5.69 Å². The van der Waals surface area contributed by atoms with Gasteiger partial charge in [-0.3, -0.25) is 14.5 Å². The Balaban J connectivity index is 2.44. The van der Waals surface area contributed by atoms with Crippen molar-refractivity contribution in [3.63, 3.8) is 0 Å². The van der Waals surface area contributed by atoms with Crippen LogP contribution >= 0.6 is 27.3 Å². The van der Waals surface area contributed by atoms with Crippen molar-refractivity contribution in [1.82, 2.24) is 9.88 Å². The molecule has 6 heteroatoms. The molecular formula is C7H5BrN2O2S. The summed E-state index contributed by atoms with van der Waals surface area (Å²) in [4.78, 5) is 27.9. The molecule has 0 radical (unpaired) electrons. The van der Waals surface area contributed by atoms with E-state index < -0.39 is 0 Å². The molecule has 0 fully saturated rings. The van der Waals surface area contributed by atoms with Crippen molar-refractivity contribution in [3.05, 3.63) is 14.5 Å². The Bertz CT molecular complexity index is 377. The van der Waals surface area contributed by atoms with Crippen LogP contribution in [0.5, 0.6) is 0 Å². The third-order valence-electron chi connectivity index (χ3n) is 1.84. The molecule has 0 bridgehead atoms. The minimum atomic E-state index is -0.237. The van der Waals surface area contributed by atoms with Crippen LogP contribution in [0.4, 0.5) is 0 Å².